The number of aromatic nitrogens is 2. The van der Waals surface area contributed by atoms with Gasteiger partial charge in [-0.3, -0.25) is 9.59 Å². The summed E-state index contributed by atoms with van der Waals surface area (Å²) < 4.78 is 22.1. The van der Waals surface area contributed by atoms with Crippen molar-refractivity contribution in [1.29, 1.82) is 0 Å². The first-order valence-electron chi connectivity index (χ1n) is 9.94. The Morgan fingerprint density at radius 3 is 2.71 bits per heavy atom. The summed E-state index contributed by atoms with van der Waals surface area (Å²) in [6.07, 6.45) is -0.00768. The molecule has 0 bridgehead atoms. The van der Waals surface area contributed by atoms with Gasteiger partial charge in [0.1, 0.15) is 12.4 Å². The lowest BCUT2D eigenvalue weighted by atomic mass is 9.86. The predicted molar refractivity (Wildman–Crippen MR) is 108 cm³/mol. The minimum atomic E-state index is -1.99. The first kappa shape index (κ1) is 19.7. The van der Waals surface area contributed by atoms with Gasteiger partial charge < -0.3 is 24.1 Å². The van der Waals surface area contributed by atoms with Gasteiger partial charge in [-0.25, -0.2) is 9.18 Å². The highest BCUT2D eigenvalue weighted by molar-refractivity contribution is 5.87. The third-order valence-corrected chi connectivity index (χ3v) is 6.27. The van der Waals surface area contributed by atoms with E-state index >= 15 is 0 Å². The number of aliphatic hydroxyl groups excluding tert-OH is 1. The second kappa shape index (κ2) is 6.60. The highest BCUT2D eigenvalue weighted by atomic mass is 19.1. The Morgan fingerprint density at radius 2 is 2.00 bits per heavy atom. The molecule has 4 heterocycles. The van der Waals surface area contributed by atoms with Crippen molar-refractivity contribution in [3.05, 3.63) is 67.5 Å². The van der Waals surface area contributed by atoms with Crippen LogP contribution in [0.25, 0.3) is 22.2 Å². The number of benzene rings is 1. The molecule has 0 radical (unpaired) electrons. The largest absolute Gasteiger partial charge is 0.458 e. The van der Waals surface area contributed by atoms with Gasteiger partial charge in [-0.2, -0.15) is 0 Å². The van der Waals surface area contributed by atoms with Gasteiger partial charge in [0, 0.05) is 17.5 Å². The summed E-state index contributed by atoms with van der Waals surface area (Å²) in [5.41, 5.74) is -1.21. The maximum Gasteiger partial charge on any atom is 0.343 e. The van der Waals surface area contributed by atoms with Crippen LogP contribution in [0.15, 0.2) is 33.9 Å². The molecule has 160 valence electrons. The van der Waals surface area contributed by atoms with Crippen molar-refractivity contribution >= 4 is 16.9 Å². The Hall–Kier alpha value is -3.30. The van der Waals surface area contributed by atoms with Crippen LogP contribution in [0.3, 0.4) is 0 Å². The van der Waals surface area contributed by atoms with E-state index in [1.54, 1.807) is 11.5 Å². The van der Waals surface area contributed by atoms with Crippen LogP contribution in [0.5, 0.6) is 0 Å². The molecule has 2 aromatic heterocycles. The number of hydrogen-bond donors (Lipinski definition) is 2. The summed E-state index contributed by atoms with van der Waals surface area (Å²) >= 11 is 0. The second-order valence-electron chi connectivity index (χ2n) is 7.79. The number of esters is 1. The SMILES string of the molecule is CC[C@@]1(O)C(=O)OCc2c1cc1n(c2=O)Cc2c-1c(=O)c1cc(F)ccc1n2CCO. The Labute approximate surface area is 174 Å². The topological polar surface area (TPSA) is 111 Å². The normalized spacial score (nSPS) is 19.2. The van der Waals surface area contributed by atoms with Crippen LogP contribution in [0.1, 0.15) is 30.2 Å². The van der Waals surface area contributed by atoms with Crippen LogP contribution >= 0.6 is 0 Å². The van der Waals surface area contributed by atoms with E-state index in [-0.39, 0.29) is 60.5 Å². The quantitative estimate of drug-likeness (QED) is 0.473. The van der Waals surface area contributed by atoms with Crippen molar-refractivity contribution in [3.63, 3.8) is 0 Å². The fourth-order valence-corrected chi connectivity index (χ4v) is 4.67. The van der Waals surface area contributed by atoms with Crippen LogP contribution < -0.4 is 11.0 Å². The van der Waals surface area contributed by atoms with E-state index < -0.39 is 28.4 Å². The monoisotopic (exact) mass is 426 g/mol. The number of carbonyl (C=O) groups is 1. The van der Waals surface area contributed by atoms with E-state index in [4.69, 9.17) is 4.74 Å². The van der Waals surface area contributed by atoms with Crippen LogP contribution in [-0.2, 0) is 34.8 Å². The van der Waals surface area contributed by atoms with Gasteiger partial charge in [0.05, 0.1) is 41.2 Å². The summed E-state index contributed by atoms with van der Waals surface area (Å²) in [6.45, 7) is 1.33. The molecule has 1 atom stereocenters. The first-order valence-corrected chi connectivity index (χ1v) is 9.94. The zero-order chi connectivity index (χ0) is 22.1. The lowest BCUT2D eigenvalue weighted by Crippen LogP contribution is -2.44. The van der Waals surface area contributed by atoms with Gasteiger partial charge in [-0.15, -0.1) is 0 Å². The average molecular weight is 426 g/mol. The van der Waals surface area contributed by atoms with Gasteiger partial charge in [-0.05, 0) is 30.7 Å². The van der Waals surface area contributed by atoms with E-state index in [0.29, 0.717) is 11.2 Å². The third-order valence-electron chi connectivity index (χ3n) is 6.27. The molecule has 2 N–H and O–H groups in total. The molecule has 8 nitrogen and oxygen atoms in total. The molecule has 2 aliphatic heterocycles. The number of nitrogens with zero attached hydrogens (tertiary/aromatic N) is 2. The Bertz CT molecular complexity index is 1410. The number of cyclic esters (lactones) is 1. The Morgan fingerprint density at radius 1 is 1.23 bits per heavy atom. The highest BCUT2D eigenvalue weighted by Crippen LogP contribution is 2.38. The molecule has 1 aromatic carbocycles. The molecule has 0 saturated carbocycles. The molecular weight excluding hydrogens is 407 g/mol. The third kappa shape index (κ3) is 2.50. The number of rotatable bonds is 3. The summed E-state index contributed by atoms with van der Waals surface area (Å²) in [4.78, 5) is 38.9. The summed E-state index contributed by atoms with van der Waals surface area (Å²) in [6, 6.07) is 5.33. The number of halogens is 1. The number of carbonyl (C=O) groups excluding carboxylic acids is 1. The second-order valence-corrected chi connectivity index (χ2v) is 7.79. The van der Waals surface area contributed by atoms with Gasteiger partial charge >= 0.3 is 5.97 Å². The van der Waals surface area contributed by atoms with Gasteiger partial charge in [0.25, 0.3) is 5.56 Å². The number of fused-ring (bicyclic) bond motifs is 5. The van der Waals surface area contributed by atoms with E-state index in [0.717, 1.165) is 6.07 Å². The molecule has 2 aliphatic rings. The Balaban J connectivity index is 1.89. The van der Waals surface area contributed by atoms with E-state index in [2.05, 4.69) is 0 Å². The number of aliphatic hydroxyl groups is 2. The minimum Gasteiger partial charge on any atom is -0.458 e. The van der Waals surface area contributed by atoms with Gasteiger partial charge in [0.15, 0.2) is 11.0 Å². The molecule has 3 aromatic rings. The summed E-state index contributed by atoms with van der Waals surface area (Å²) in [5.74, 6) is -1.42. The van der Waals surface area contributed by atoms with Crippen LogP contribution in [0, 0.1) is 5.82 Å². The van der Waals surface area contributed by atoms with Crippen molar-refractivity contribution in [1.82, 2.24) is 9.13 Å². The summed E-state index contributed by atoms with van der Waals surface area (Å²) in [5, 5.41) is 20.6. The Kier molecular flexibility index (Phi) is 4.18. The molecule has 0 spiro atoms. The lowest BCUT2D eigenvalue weighted by Gasteiger charge is -2.31. The van der Waals surface area contributed by atoms with Crippen molar-refractivity contribution in [2.75, 3.05) is 6.61 Å². The number of ether oxygens (including phenoxy) is 1. The molecule has 0 fully saturated rings. The van der Waals surface area contributed by atoms with Crippen LogP contribution in [-0.4, -0.2) is 31.9 Å². The van der Waals surface area contributed by atoms with E-state index in [9.17, 15) is 29.0 Å². The minimum absolute atomic E-state index is 0.00768. The molecule has 31 heavy (non-hydrogen) atoms. The smallest absolute Gasteiger partial charge is 0.343 e. The standard InChI is InChI=1S/C22H19FN2O6/c1-2-22(30)14-8-16-18-17(9-25(16)20(28)13(14)10-31-21(22)29)24(5-6-26)15-4-3-11(23)7-12(15)19(18)27/h3-4,7-8,26,30H,2,5-6,9-10H2,1H3/t22-/m0/s1. The van der Waals surface area contributed by atoms with E-state index in [1.807, 2.05) is 0 Å². The zero-order valence-electron chi connectivity index (χ0n) is 16.6. The average Bonchev–Trinajstić information content (AvgIpc) is 3.14. The molecule has 5 rings (SSSR count). The molecule has 0 unspecified atom stereocenters. The fourth-order valence-electron chi connectivity index (χ4n) is 4.67. The van der Waals surface area contributed by atoms with Crippen LogP contribution in [0.2, 0.25) is 0 Å². The molecular formula is C22H19FN2O6. The number of hydrogen-bond acceptors (Lipinski definition) is 6. The zero-order valence-corrected chi connectivity index (χ0v) is 16.6. The van der Waals surface area contributed by atoms with Crippen molar-refractivity contribution in [3.8, 4) is 11.3 Å². The molecule has 0 amide bonds. The highest BCUT2D eigenvalue weighted by Gasteiger charge is 2.45. The molecule has 0 saturated heterocycles. The molecule has 0 aliphatic carbocycles. The van der Waals surface area contributed by atoms with Crippen molar-refractivity contribution < 1.29 is 24.1 Å². The maximum absolute atomic E-state index is 13.9. The van der Waals surface area contributed by atoms with Crippen molar-refractivity contribution in [2.24, 2.45) is 0 Å². The fraction of sp³-hybridized carbons (Fsp3) is 0.318. The first-order chi connectivity index (χ1) is 14.8. The molecule has 9 heteroatoms. The predicted octanol–water partition coefficient (Wildman–Crippen LogP) is 0.978. The van der Waals surface area contributed by atoms with E-state index in [1.165, 1.54) is 22.8 Å². The lowest BCUT2D eigenvalue weighted by molar-refractivity contribution is -0.172. The summed E-state index contributed by atoms with van der Waals surface area (Å²) in [7, 11) is 0. The van der Waals surface area contributed by atoms with Crippen LogP contribution in [0.4, 0.5) is 4.39 Å². The van der Waals surface area contributed by atoms with Gasteiger partial charge in [0.2, 0.25) is 0 Å². The van der Waals surface area contributed by atoms with Gasteiger partial charge in [-0.1, -0.05) is 6.92 Å². The number of pyridine rings is 2. The maximum atomic E-state index is 13.9. The van der Waals surface area contributed by atoms with Crippen molar-refractivity contribution in [2.45, 2.75) is 38.6 Å².